The van der Waals surface area contributed by atoms with Crippen molar-refractivity contribution in [2.24, 2.45) is 34.5 Å². The van der Waals surface area contributed by atoms with Gasteiger partial charge in [0.25, 0.3) is 0 Å². The second kappa shape index (κ2) is 7.34. The lowest BCUT2D eigenvalue weighted by atomic mass is 9.46. The average molecular weight is 574 g/mol. The van der Waals surface area contributed by atoms with Crippen LogP contribution in [0.3, 0.4) is 0 Å². The maximum Gasteiger partial charge on any atom is 0.175 e. The van der Waals surface area contributed by atoms with E-state index in [1.807, 2.05) is 0 Å². The second-order valence-electron chi connectivity index (χ2n) is 12.0. The molecule has 12 nitrogen and oxygen atoms in total. The molecule has 0 saturated heterocycles. The predicted octanol–water partition coefficient (Wildman–Crippen LogP) is 0.0654. The van der Waals surface area contributed by atoms with Crippen LogP contribution in [0.1, 0.15) is 43.0 Å². The standard InChI is InChI=1S/C30H22O12/c31-5-7-1-9-13(11(33)3-7)21(35)17-25(39)20-23(37)15-16-24(38)19(29(15,17)27(9)41)26(40)18-22(36)14-10(28(42)30(16,18)20)2-8(6-32)4-12(14)34/h1-4,15-16,19-20,23-24,31-38H,5-6H2/t15-,16-,19+,20+,23-,24-,29+,30+/m0/s1. The molecule has 12 heteroatoms. The molecule has 0 radical (unpaired) electrons. The van der Waals surface area contributed by atoms with Gasteiger partial charge in [-0.05, 0) is 35.4 Å². The first-order valence-electron chi connectivity index (χ1n) is 13.3. The van der Waals surface area contributed by atoms with Crippen LogP contribution >= 0.6 is 0 Å². The SMILES string of the molecule is O=C1C2=C(O)c3c(O)cc(CO)cc3C(=O)[C@]23[C@@H]2[C@H](O)[C@H]1[C@]14C(=O)c5cc(CO)cc(O)c5C(O)=C1C(=O)[C@H]3[C@@H](O)[C@H]24. The van der Waals surface area contributed by atoms with E-state index in [2.05, 4.69) is 0 Å². The van der Waals surface area contributed by atoms with Crippen LogP contribution in [0.5, 0.6) is 11.5 Å². The lowest BCUT2D eigenvalue weighted by Crippen LogP contribution is -2.65. The van der Waals surface area contributed by atoms with Gasteiger partial charge in [0.05, 0.1) is 70.4 Å². The normalized spacial score (nSPS) is 36.9. The molecule has 6 aliphatic rings. The highest BCUT2D eigenvalue weighted by Gasteiger charge is 2.89. The highest BCUT2D eigenvalue weighted by atomic mass is 16.3. The molecule has 0 aromatic heterocycles. The van der Waals surface area contributed by atoms with Gasteiger partial charge in [0.1, 0.15) is 23.0 Å². The van der Waals surface area contributed by atoms with Gasteiger partial charge in [-0.25, -0.2) is 0 Å². The number of Topliss-reactive ketones (excluding diaryl/α,β-unsaturated/α-hetero) is 4. The number of hydrogen-bond donors (Lipinski definition) is 8. The van der Waals surface area contributed by atoms with E-state index in [-0.39, 0.29) is 22.3 Å². The average Bonchev–Trinajstić information content (AvgIpc) is 3.31. The van der Waals surface area contributed by atoms with E-state index in [1.54, 1.807) is 0 Å². The summed E-state index contributed by atoms with van der Waals surface area (Å²) in [5.74, 6) is -13.6. The van der Waals surface area contributed by atoms with Crippen molar-refractivity contribution in [1.29, 1.82) is 0 Å². The van der Waals surface area contributed by atoms with E-state index < -0.39 is 128 Å². The van der Waals surface area contributed by atoms with Gasteiger partial charge in [0, 0.05) is 23.0 Å². The minimum Gasteiger partial charge on any atom is -0.507 e. The van der Waals surface area contributed by atoms with Gasteiger partial charge in [0.2, 0.25) is 0 Å². The summed E-state index contributed by atoms with van der Waals surface area (Å²) in [6, 6.07) is 4.52. The van der Waals surface area contributed by atoms with Crippen molar-refractivity contribution < 1.29 is 60.0 Å². The van der Waals surface area contributed by atoms with Crippen LogP contribution in [0.25, 0.3) is 11.5 Å². The number of benzene rings is 2. The fourth-order valence-corrected chi connectivity index (χ4v) is 9.53. The highest BCUT2D eigenvalue weighted by Crippen LogP contribution is 2.80. The van der Waals surface area contributed by atoms with E-state index >= 15 is 0 Å². The van der Waals surface area contributed by atoms with Crippen LogP contribution < -0.4 is 0 Å². The summed E-state index contributed by atoms with van der Waals surface area (Å²) in [5.41, 5.74) is -7.36. The number of phenols is 2. The number of aromatic hydroxyl groups is 2. The Labute approximate surface area is 235 Å². The number of fused-ring (bicyclic) bond motifs is 4. The molecule has 8 N–H and O–H groups in total. The number of carbonyl (C=O) groups is 4. The lowest BCUT2D eigenvalue weighted by molar-refractivity contribution is -0.142. The Hall–Kier alpha value is -4.36. The van der Waals surface area contributed by atoms with E-state index in [4.69, 9.17) is 0 Å². The Morgan fingerprint density at radius 2 is 0.952 bits per heavy atom. The first-order valence-corrected chi connectivity index (χ1v) is 13.3. The van der Waals surface area contributed by atoms with Crippen LogP contribution in [0.15, 0.2) is 35.4 Å². The number of allylic oxidation sites excluding steroid dienone is 2. The summed E-state index contributed by atoms with van der Waals surface area (Å²) >= 11 is 0. The molecule has 4 saturated carbocycles. The third-order valence-corrected chi connectivity index (χ3v) is 10.6. The summed E-state index contributed by atoms with van der Waals surface area (Å²) in [5, 5.41) is 87.4. The number of ketones is 4. The number of hydrogen-bond acceptors (Lipinski definition) is 12. The Bertz CT molecular complexity index is 1720. The first kappa shape index (κ1) is 25.4. The molecule has 0 unspecified atom stereocenters. The Kier molecular flexibility index (Phi) is 4.43. The molecule has 2 aromatic carbocycles. The van der Waals surface area contributed by atoms with E-state index in [0.717, 1.165) is 12.1 Å². The maximum atomic E-state index is 14.6. The van der Waals surface area contributed by atoms with Crippen molar-refractivity contribution in [2.75, 3.05) is 0 Å². The van der Waals surface area contributed by atoms with Gasteiger partial charge >= 0.3 is 0 Å². The van der Waals surface area contributed by atoms with Crippen molar-refractivity contribution in [3.05, 3.63) is 68.8 Å². The molecule has 214 valence electrons. The van der Waals surface area contributed by atoms with Crippen molar-refractivity contribution >= 4 is 34.7 Å². The van der Waals surface area contributed by atoms with E-state index in [0.29, 0.717) is 0 Å². The Morgan fingerprint density at radius 1 is 0.595 bits per heavy atom. The third-order valence-electron chi connectivity index (χ3n) is 10.6. The van der Waals surface area contributed by atoms with Crippen molar-refractivity contribution in [2.45, 2.75) is 25.4 Å². The van der Waals surface area contributed by atoms with Gasteiger partial charge in [-0.1, -0.05) is 0 Å². The van der Waals surface area contributed by atoms with Gasteiger partial charge in [-0.2, -0.15) is 0 Å². The number of aliphatic hydroxyl groups is 6. The van der Waals surface area contributed by atoms with Crippen LogP contribution in [-0.4, -0.2) is 76.2 Å². The van der Waals surface area contributed by atoms with Crippen LogP contribution in [0.2, 0.25) is 0 Å². The predicted molar refractivity (Wildman–Crippen MR) is 137 cm³/mol. The number of phenolic OH excluding ortho intramolecular Hbond substituents is 2. The van der Waals surface area contributed by atoms with Gasteiger partial charge in [-0.15, -0.1) is 0 Å². The largest absolute Gasteiger partial charge is 0.507 e. The Balaban J connectivity index is 1.52. The molecule has 4 fully saturated rings. The second-order valence-corrected chi connectivity index (χ2v) is 12.0. The zero-order valence-corrected chi connectivity index (χ0v) is 21.4. The number of aliphatic hydroxyl groups excluding tert-OH is 6. The van der Waals surface area contributed by atoms with Gasteiger partial charge in [-0.3, -0.25) is 19.2 Å². The molecule has 0 heterocycles. The summed E-state index contributed by atoms with van der Waals surface area (Å²) < 4.78 is 0. The number of carbonyl (C=O) groups excluding carboxylic acids is 4. The van der Waals surface area contributed by atoms with Crippen molar-refractivity contribution in [1.82, 2.24) is 0 Å². The summed E-state index contributed by atoms with van der Waals surface area (Å²) in [4.78, 5) is 58.0. The molecule has 8 rings (SSSR count). The molecule has 0 aliphatic heterocycles. The monoisotopic (exact) mass is 574 g/mol. The third kappa shape index (κ3) is 2.19. The molecule has 4 bridgehead atoms. The maximum absolute atomic E-state index is 14.6. The lowest BCUT2D eigenvalue weighted by Gasteiger charge is -2.53. The summed E-state index contributed by atoms with van der Waals surface area (Å²) in [6.45, 7) is -1.23. The molecule has 6 aliphatic carbocycles. The molecule has 0 amide bonds. The molecule has 42 heavy (non-hydrogen) atoms. The zero-order chi connectivity index (χ0) is 29.9. The first-order chi connectivity index (χ1) is 19.9. The van der Waals surface area contributed by atoms with Crippen LogP contribution in [0, 0.1) is 34.5 Å². The Morgan fingerprint density at radius 3 is 1.29 bits per heavy atom. The minimum atomic E-state index is -2.37. The minimum absolute atomic E-state index is 0.0679. The van der Waals surface area contributed by atoms with Crippen LogP contribution in [0.4, 0.5) is 0 Å². The quantitative estimate of drug-likeness (QED) is 0.238. The van der Waals surface area contributed by atoms with Crippen molar-refractivity contribution in [3.8, 4) is 11.5 Å². The fraction of sp³-hybridized carbons (Fsp3) is 0.333. The summed E-state index contributed by atoms with van der Waals surface area (Å²) in [6.07, 6.45) is -3.57. The number of rotatable bonds is 2. The summed E-state index contributed by atoms with van der Waals surface area (Å²) in [7, 11) is 0. The molecular formula is C30H22O12. The van der Waals surface area contributed by atoms with Gasteiger partial charge in [0.15, 0.2) is 23.1 Å². The van der Waals surface area contributed by atoms with Crippen LogP contribution in [-0.2, 0) is 22.8 Å². The molecule has 2 aromatic rings. The smallest absolute Gasteiger partial charge is 0.175 e. The fourth-order valence-electron chi connectivity index (χ4n) is 9.53. The van der Waals surface area contributed by atoms with Gasteiger partial charge < -0.3 is 40.9 Å². The highest BCUT2D eigenvalue weighted by molar-refractivity contribution is 6.30. The molecular weight excluding hydrogens is 552 g/mol. The topological polar surface area (TPSA) is 230 Å². The molecule has 2 spiro atoms. The molecule has 8 atom stereocenters. The zero-order valence-electron chi connectivity index (χ0n) is 21.4. The van der Waals surface area contributed by atoms with Crippen molar-refractivity contribution in [3.63, 3.8) is 0 Å². The van der Waals surface area contributed by atoms with E-state index in [9.17, 15) is 60.0 Å². The van der Waals surface area contributed by atoms with E-state index in [1.165, 1.54) is 12.1 Å².